The number of anilines is 2. The van der Waals surface area contributed by atoms with Gasteiger partial charge in [0.25, 0.3) is 15.9 Å². The number of aryl methyl sites for hydroxylation is 1. The van der Waals surface area contributed by atoms with Crippen molar-refractivity contribution in [1.82, 2.24) is 9.78 Å². The molecule has 9 nitrogen and oxygen atoms in total. The Kier molecular flexibility index (Phi) is 6.75. The molecular weight excluding hydrogens is 476 g/mol. The van der Waals surface area contributed by atoms with Crippen molar-refractivity contribution in [2.75, 3.05) is 16.6 Å². The predicted octanol–water partition coefficient (Wildman–Crippen LogP) is 3.84. The molecule has 0 aliphatic heterocycles. The van der Waals surface area contributed by atoms with E-state index in [4.69, 9.17) is 4.74 Å². The number of rotatable bonds is 8. The molecule has 0 unspecified atom stereocenters. The van der Waals surface area contributed by atoms with Gasteiger partial charge in [0, 0.05) is 6.07 Å². The summed E-state index contributed by atoms with van der Waals surface area (Å²) in [5, 5.41) is 8.69. The van der Waals surface area contributed by atoms with E-state index in [0.29, 0.717) is 11.5 Å². The van der Waals surface area contributed by atoms with Gasteiger partial charge in [0.05, 0.1) is 22.6 Å². The fourth-order valence-corrected chi connectivity index (χ4v) is 5.18. The Labute approximate surface area is 200 Å². The number of esters is 1. The Morgan fingerprint density at radius 1 is 1.03 bits per heavy atom. The SMILES string of the molecule is Cc1cc(NC(=O)COC(=O)c2ccccc2NS(=O)(=O)c2cccs2)n(-c2ccccc2)n1. The molecule has 2 aromatic carbocycles. The first-order valence-electron chi connectivity index (χ1n) is 10.1. The van der Waals surface area contributed by atoms with Crippen LogP contribution in [0.25, 0.3) is 5.69 Å². The molecule has 174 valence electrons. The molecule has 0 fully saturated rings. The van der Waals surface area contributed by atoms with Crippen LogP contribution in [0.3, 0.4) is 0 Å². The second-order valence-electron chi connectivity index (χ2n) is 7.13. The van der Waals surface area contributed by atoms with Gasteiger partial charge in [0.15, 0.2) is 6.61 Å². The second kappa shape index (κ2) is 9.89. The van der Waals surface area contributed by atoms with E-state index in [9.17, 15) is 18.0 Å². The largest absolute Gasteiger partial charge is 0.452 e. The number of nitrogens with one attached hydrogen (secondary N) is 2. The number of nitrogens with zero attached hydrogens (tertiary/aromatic N) is 2. The van der Waals surface area contributed by atoms with Crippen LogP contribution in [-0.2, 0) is 19.6 Å². The molecular formula is C23H20N4O5S2. The Morgan fingerprint density at radius 3 is 2.50 bits per heavy atom. The van der Waals surface area contributed by atoms with Crippen LogP contribution in [0.4, 0.5) is 11.5 Å². The molecule has 4 rings (SSSR count). The summed E-state index contributed by atoms with van der Waals surface area (Å²) >= 11 is 1.05. The summed E-state index contributed by atoms with van der Waals surface area (Å²) in [5.41, 5.74) is 1.50. The quantitative estimate of drug-likeness (QED) is 0.358. The number of ether oxygens (including phenoxy) is 1. The third-order valence-electron chi connectivity index (χ3n) is 4.59. The number of hydrogen-bond acceptors (Lipinski definition) is 7. The van der Waals surface area contributed by atoms with Crippen molar-refractivity contribution in [3.8, 4) is 5.69 Å². The Hall–Kier alpha value is -3.96. The molecule has 34 heavy (non-hydrogen) atoms. The lowest BCUT2D eigenvalue weighted by molar-refractivity contribution is -0.119. The lowest BCUT2D eigenvalue weighted by atomic mass is 10.2. The van der Waals surface area contributed by atoms with E-state index in [2.05, 4.69) is 15.1 Å². The normalized spacial score (nSPS) is 11.1. The third kappa shape index (κ3) is 5.33. The van der Waals surface area contributed by atoms with Gasteiger partial charge < -0.3 is 10.1 Å². The summed E-state index contributed by atoms with van der Waals surface area (Å²) < 4.78 is 34.3. The van der Waals surface area contributed by atoms with E-state index in [1.165, 1.54) is 18.2 Å². The molecule has 1 amide bonds. The topological polar surface area (TPSA) is 119 Å². The lowest BCUT2D eigenvalue weighted by Gasteiger charge is -2.12. The van der Waals surface area contributed by atoms with Crippen LogP contribution in [0, 0.1) is 6.92 Å². The van der Waals surface area contributed by atoms with Crippen molar-refractivity contribution in [3.05, 3.63) is 89.4 Å². The minimum atomic E-state index is -3.86. The van der Waals surface area contributed by atoms with Gasteiger partial charge in [-0.05, 0) is 42.6 Å². The van der Waals surface area contributed by atoms with E-state index in [1.54, 1.807) is 41.3 Å². The maximum absolute atomic E-state index is 12.6. The number of benzene rings is 2. The predicted molar refractivity (Wildman–Crippen MR) is 129 cm³/mol. The van der Waals surface area contributed by atoms with Gasteiger partial charge in [0.1, 0.15) is 10.0 Å². The minimum Gasteiger partial charge on any atom is -0.452 e. The first-order valence-corrected chi connectivity index (χ1v) is 12.4. The zero-order chi connectivity index (χ0) is 24.1. The number of sulfonamides is 1. The number of amides is 1. The summed E-state index contributed by atoms with van der Waals surface area (Å²) in [7, 11) is -3.86. The molecule has 0 bridgehead atoms. The van der Waals surface area contributed by atoms with Crippen molar-refractivity contribution in [2.24, 2.45) is 0 Å². The highest BCUT2D eigenvalue weighted by atomic mass is 32.2. The van der Waals surface area contributed by atoms with E-state index >= 15 is 0 Å². The molecule has 0 atom stereocenters. The zero-order valence-corrected chi connectivity index (χ0v) is 19.6. The minimum absolute atomic E-state index is 0.0133. The maximum Gasteiger partial charge on any atom is 0.340 e. The molecule has 2 N–H and O–H groups in total. The Morgan fingerprint density at radius 2 is 1.76 bits per heavy atom. The summed E-state index contributed by atoms with van der Waals surface area (Å²) in [5.74, 6) is -0.983. The van der Waals surface area contributed by atoms with Gasteiger partial charge in [-0.15, -0.1) is 11.3 Å². The number of aromatic nitrogens is 2. The average molecular weight is 497 g/mol. The number of carbonyl (C=O) groups is 2. The summed E-state index contributed by atoms with van der Waals surface area (Å²) in [6.45, 7) is 1.23. The Balaban J connectivity index is 1.43. The van der Waals surface area contributed by atoms with Crippen LogP contribution in [0.2, 0.25) is 0 Å². The molecule has 2 aromatic heterocycles. The van der Waals surface area contributed by atoms with Crippen LogP contribution in [0.15, 0.2) is 82.4 Å². The van der Waals surface area contributed by atoms with E-state index in [1.807, 2.05) is 30.3 Å². The molecule has 0 spiro atoms. The van der Waals surface area contributed by atoms with Gasteiger partial charge in [-0.1, -0.05) is 36.4 Å². The molecule has 11 heteroatoms. The summed E-state index contributed by atoms with van der Waals surface area (Å²) in [4.78, 5) is 25.1. The number of hydrogen-bond donors (Lipinski definition) is 2. The molecule has 2 heterocycles. The van der Waals surface area contributed by atoms with Crippen molar-refractivity contribution >= 4 is 44.7 Å². The molecule has 0 aliphatic rings. The maximum atomic E-state index is 12.6. The van der Waals surface area contributed by atoms with Gasteiger partial charge in [0.2, 0.25) is 0 Å². The zero-order valence-electron chi connectivity index (χ0n) is 18.0. The fraction of sp³-hybridized carbons (Fsp3) is 0.0870. The van der Waals surface area contributed by atoms with E-state index < -0.39 is 28.5 Å². The van der Waals surface area contributed by atoms with Gasteiger partial charge >= 0.3 is 5.97 Å². The van der Waals surface area contributed by atoms with Crippen molar-refractivity contribution in [3.63, 3.8) is 0 Å². The van der Waals surface area contributed by atoms with Gasteiger partial charge in [-0.25, -0.2) is 17.9 Å². The van der Waals surface area contributed by atoms with E-state index in [-0.39, 0.29) is 15.5 Å². The average Bonchev–Trinajstić information content (AvgIpc) is 3.49. The number of carbonyl (C=O) groups excluding carboxylic acids is 2. The van der Waals surface area contributed by atoms with Crippen molar-refractivity contribution in [1.29, 1.82) is 0 Å². The highest BCUT2D eigenvalue weighted by Gasteiger charge is 2.21. The van der Waals surface area contributed by atoms with Gasteiger partial charge in [-0.3, -0.25) is 9.52 Å². The number of thiophene rings is 1. The van der Waals surface area contributed by atoms with Crippen molar-refractivity contribution in [2.45, 2.75) is 11.1 Å². The highest BCUT2D eigenvalue weighted by molar-refractivity contribution is 7.94. The molecule has 0 aliphatic carbocycles. The molecule has 0 radical (unpaired) electrons. The monoisotopic (exact) mass is 496 g/mol. The van der Waals surface area contributed by atoms with E-state index in [0.717, 1.165) is 17.0 Å². The molecule has 0 saturated heterocycles. The number of para-hydroxylation sites is 2. The fourth-order valence-electron chi connectivity index (χ4n) is 3.10. The van der Waals surface area contributed by atoms with Crippen LogP contribution >= 0.6 is 11.3 Å². The van der Waals surface area contributed by atoms with Crippen molar-refractivity contribution < 1.29 is 22.7 Å². The first-order chi connectivity index (χ1) is 16.3. The lowest BCUT2D eigenvalue weighted by Crippen LogP contribution is -2.23. The van der Waals surface area contributed by atoms with Crippen LogP contribution < -0.4 is 10.0 Å². The highest BCUT2D eigenvalue weighted by Crippen LogP contribution is 2.23. The first kappa shape index (κ1) is 23.2. The summed E-state index contributed by atoms with van der Waals surface area (Å²) in [6.07, 6.45) is 0. The molecule has 0 saturated carbocycles. The van der Waals surface area contributed by atoms with Crippen LogP contribution in [0.1, 0.15) is 16.1 Å². The van der Waals surface area contributed by atoms with Crippen LogP contribution in [-0.4, -0.2) is 36.7 Å². The third-order valence-corrected chi connectivity index (χ3v) is 7.35. The summed E-state index contributed by atoms with van der Waals surface area (Å²) in [6, 6.07) is 20.0. The Bertz CT molecular complexity index is 1410. The van der Waals surface area contributed by atoms with Crippen LogP contribution in [0.5, 0.6) is 0 Å². The van der Waals surface area contributed by atoms with Gasteiger partial charge in [-0.2, -0.15) is 5.10 Å². The smallest absolute Gasteiger partial charge is 0.340 e. The standard InChI is InChI=1S/C23H20N4O5S2/c1-16-14-20(27(25-16)17-8-3-2-4-9-17)24-21(28)15-32-23(29)18-10-5-6-11-19(18)26-34(30,31)22-12-7-13-33-22/h2-14,26H,15H2,1H3,(H,24,28). The molecule has 4 aromatic rings. The second-order valence-corrected chi connectivity index (χ2v) is 9.98.